The molecule has 0 amide bonds. The molecule has 1 aromatic carbocycles. The molecule has 0 spiro atoms. The number of nitrogens with one attached hydrogen (secondary N) is 1. The second kappa shape index (κ2) is 4.78. The standard InChI is InChI=1S/C13H17NO2S/c1-17-13-9(10-3-2-6-14-10)4-5-11-12(13)16-8-7-15-11/h4-5,10,14H,2-3,6-8H2,1H3. The zero-order chi connectivity index (χ0) is 11.7. The van der Waals surface area contributed by atoms with Gasteiger partial charge in [0.1, 0.15) is 13.2 Å². The Labute approximate surface area is 106 Å². The topological polar surface area (TPSA) is 30.5 Å². The minimum atomic E-state index is 0.480. The highest BCUT2D eigenvalue weighted by molar-refractivity contribution is 7.98. The zero-order valence-electron chi connectivity index (χ0n) is 9.99. The first-order valence-corrected chi connectivity index (χ1v) is 7.32. The van der Waals surface area contributed by atoms with Crippen molar-refractivity contribution in [3.05, 3.63) is 17.7 Å². The highest BCUT2D eigenvalue weighted by atomic mass is 32.2. The van der Waals surface area contributed by atoms with Crippen LogP contribution in [0.2, 0.25) is 0 Å². The number of ether oxygens (including phenoxy) is 2. The average molecular weight is 251 g/mol. The normalized spacial score (nSPS) is 22.8. The molecule has 2 heterocycles. The molecule has 0 radical (unpaired) electrons. The summed E-state index contributed by atoms with van der Waals surface area (Å²) in [7, 11) is 0. The predicted molar refractivity (Wildman–Crippen MR) is 69.2 cm³/mol. The van der Waals surface area contributed by atoms with Gasteiger partial charge in [-0.05, 0) is 37.3 Å². The van der Waals surface area contributed by atoms with Gasteiger partial charge in [-0.3, -0.25) is 0 Å². The maximum atomic E-state index is 5.77. The molecule has 0 saturated carbocycles. The van der Waals surface area contributed by atoms with Crippen LogP contribution in [-0.4, -0.2) is 26.0 Å². The van der Waals surface area contributed by atoms with Crippen molar-refractivity contribution in [2.75, 3.05) is 26.0 Å². The number of hydrogen-bond donors (Lipinski definition) is 1. The Hall–Kier alpha value is -0.870. The van der Waals surface area contributed by atoms with E-state index in [1.165, 1.54) is 23.3 Å². The zero-order valence-corrected chi connectivity index (χ0v) is 10.8. The Morgan fingerprint density at radius 1 is 1.29 bits per heavy atom. The summed E-state index contributed by atoms with van der Waals surface area (Å²) in [6.45, 7) is 2.43. The third-order valence-electron chi connectivity index (χ3n) is 3.33. The molecular weight excluding hydrogens is 234 g/mol. The Bertz CT molecular complexity index is 416. The van der Waals surface area contributed by atoms with Gasteiger partial charge in [-0.25, -0.2) is 0 Å². The molecule has 0 bridgehead atoms. The first-order valence-electron chi connectivity index (χ1n) is 6.10. The molecule has 1 fully saturated rings. The van der Waals surface area contributed by atoms with E-state index in [1.807, 2.05) is 6.07 Å². The number of hydrogen-bond acceptors (Lipinski definition) is 4. The van der Waals surface area contributed by atoms with E-state index in [0.717, 1.165) is 18.0 Å². The maximum Gasteiger partial charge on any atom is 0.175 e. The first kappa shape index (κ1) is 11.2. The molecule has 17 heavy (non-hydrogen) atoms. The third-order valence-corrected chi connectivity index (χ3v) is 4.16. The van der Waals surface area contributed by atoms with Crippen molar-refractivity contribution in [2.24, 2.45) is 0 Å². The minimum absolute atomic E-state index is 0.480. The van der Waals surface area contributed by atoms with Crippen molar-refractivity contribution in [3.8, 4) is 11.5 Å². The van der Waals surface area contributed by atoms with E-state index in [-0.39, 0.29) is 0 Å². The average Bonchev–Trinajstić information content (AvgIpc) is 2.91. The fourth-order valence-electron chi connectivity index (χ4n) is 2.54. The number of thioether (sulfide) groups is 1. The molecular formula is C13H17NO2S. The van der Waals surface area contributed by atoms with Gasteiger partial charge in [0.2, 0.25) is 0 Å². The van der Waals surface area contributed by atoms with Gasteiger partial charge >= 0.3 is 0 Å². The lowest BCUT2D eigenvalue weighted by Gasteiger charge is -2.24. The third kappa shape index (κ3) is 2.00. The van der Waals surface area contributed by atoms with Crippen LogP contribution in [0.5, 0.6) is 11.5 Å². The molecule has 0 aromatic heterocycles. The lowest BCUT2D eigenvalue weighted by Crippen LogP contribution is -2.18. The second-order valence-corrected chi connectivity index (χ2v) is 5.18. The SMILES string of the molecule is CSc1c(C2CCCN2)ccc2c1OCCO2. The Morgan fingerprint density at radius 3 is 2.94 bits per heavy atom. The molecule has 2 aliphatic heterocycles. The van der Waals surface area contributed by atoms with E-state index in [1.54, 1.807) is 11.8 Å². The largest absolute Gasteiger partial charge is 0.486 e. The van der Waals surface area contributed by atoms with Crippen LogP contribution < -0.4 is 14.8 Å². The predicted octanol–water partition coefficient (Wildman–Crippen LogP) is 2.60. The van der Waals surface area contributed by atoms with Gasteiger partial charge in [-0.15, -0.1) is 11.8 Å². The van der Waals surface area contributed by atoms with Crippen molar-refractivity contribution < 1.29 is 9.47 Å². The summed E-state index contributed by atoms with van der Waals surface area (Å²) in [5.41, 5.74) is 1.36. The second-order valence-electron chi connectivity index (χ2n) is 4.36. The van der Waals surface area contributed by atoms with Gasteiger partial charge in [0.05, 0.1) is 4.90 Å². The lowest BCUT2D eigenvalue weighted by atomic mass is 10.0. The summed E-state index contributed by atoms with van der Waals surface area (Å²) >= 11 is 1.75. The van der Waals surface area contributed by atoms with Crippen LogP contribution in [0.25, 0.3) is 0 Å². The lowest BCUT2D eigenvalue weighted by molar-refractivity contribution is 0.167. The minimum Gasteiger partial charge on any atom is -0.486 e. The van der Waals surface area contributed by atoms with Crippen molar-refractivity contribution in [2.45, 2.75) is 23.8 Å². The van der Waals surface area contributed by atoms with Gasteiger partial charge in [0, 0.05) is 6.04 Å². The highest BCUT2D eigenvalue weighted by Gasteiger charge is 2.24. The number of fused-ring (bicyclic) bond motifs is 1. The maximum absolute atomic E-state index is 5.77. The van der Waals surface area contributed by atoms with Gasteiger partial charge in [-0.2, -0.15) is 0 Å². The highest BCUT2D eigenvalue weighted by Crippen LogP contribution is 2.44. The summed E-state index contributed by atoms with van der Waals surface area (Å²) in [4.78, 5) is 1.24. The molecule has 2 aliphatic rings. The van der Waals surface area contributed by atoms with E-state index >= 15 is 0 Å². The van der Waals surface area contributed by atoms with Crippen LogP contribution >= 0.6 is 11.8 Å². The van der Waals surface area contributed by atoms with Crippen LogP contribution in [0.15, 0.2) is 17.0 Å². The Balaban J connectivity index is 2.03. The van der Waals surface area contributed by atoms with E-state index in [4.69, 9.17) is 9.47 Å². The summed E-state index contributed by atoms with van der Waals surface area (Å²) in [5, 5.41) is 3.54. The molecule has 3 nitrogen and oxygen atoms in total. The Kier molecular flexibility index (Phi) is 3.16. The summed E-state index contributed by atoms with van der Waals surface area (Å²) in [6, 6.07) is 4.71. The van der Waals surface area contributed by atoms with Gasteiger partial charge in [-0.1, -0.05) is 6.07 Å². The quantitative estimate of drug-likeness (QED) is 0.818. The van der Waals surface area contributed by atoms with Crippen LogP contribution in [0.1, 0.15) is 24.4 Å². The fraction of sp³-hybridized carbons (Fsp3) is 0.538. The van der Waals surface area contributed by atoms with Gasteiger partial charge in [0.15, 0.2) is 11.5 Å². The molecule has 1 saturated heterocycles. The first-order chi connectivity index (χ1) is 8.40. The molecule has 1 unspecified atom stereocenters. The van der Waals surface area contributed by atoms with E-state index in [2.05, 4.69) is 17.6 Å². The van der Waals surface area contributed by atoms with E-state index < -0.39 is 0 Å². The van der Waals surface area contributed by atoms with Crippen molar-refractivity contribution in [1.82, 2.24) is 5.32 Å². The molecule has 1 aromatic rings. The van der Waals surface area contributed by atoms with Crippen LogP contribution in [0.3, 0.4) is 0 Å². The van der Waals surface area contributed by atoms with E-state index in [0.29, 0.717) is 19.3 Å². The molecule has 1 N–H and O–H groups in total. The fourth-order valence-corrected chi connectivity index (χ4v) is 3.33. The monoisotopic (exact) mass is 251 g/mol. The van der Waals surface area contributed by atoms with Crippen LogP contribution in [-0.2, 0) is 0 Å². The van der Waals surface area contributed by atoms with Crippen molar-refractivity contribution in [3.63, 3.8) is 0 Å². The Morgan fingerprint density at radius 2 is 2.18 bits per heavy atom. The van der Waals surface area contributed by atoms with E-state index in [9.17, 15) is 0 Å². The van der Waals surface area contributed by atoms with Crippen molar-refractivity contribution in [1.29, 1.82) is 0 Å². The molecule has 4 heteroatoms. The van der Waals surface area contributed by atoms with Crippen LogP contribution in [0.4, 0.5) is 0 Å². The van der Waals surface area contributed by atoms with Gasteiger partial charge < -0.3 is 14.8 Å². The molecule has 92 valence electrons. The van der Waals surface area contributed by atoms with Crippen molar-refractivity contribution >= 4 is 11.8 Å². The summed E-state index contributed by atoms with van der Waals surface area (Å²) < 4.78 is 11.4. The van der Waals surface area contributed by atoms with Crippen LogP contribution in [0, 0.1) is 0 Å². The number of benzene rings is 1. The smallest absolute Gasteiger partial charge is 0.175 e. The molecule has 3 rings (SSSR count). The summed E-state index contributed by atoms with van der Waals surface area (Å²) in [5.74, 6) is 1.83. The number of rotatable bonds is 2. The summed E-state index contributed by atoms with van der Waals surface area (Å²) in [6.07, 6.45) is 4.58. The molecule has 0 aliphatic carbocycles. The van der Waals surface area contributed by atoms with Gasteiger partial charge in [0.25, 0.3) is 0 Å². The molecule has 1 atom stereocenters.